The lowest BCUT2D eigenvalue weighted by atomic mass is 9.96. The van der Waals surface area contributed by atoms with Crippen molar-refractivity contribution in [3.8, 4) is 5.75 Å². The van der Waals surface area contributed by atoms with Crippen molar-refractivity contribution in [3.63, 3.8) is 0 Å². The van der Waals surface area contributed by atoms with Crippen LogP contribution < -0.4 is 10.5 Å². The van der Waals surface area contributed by atoms with E-state index in [0.29, 0.717) is 18.3 Å². The molecule has 0 spiro atoms. The van der Waals surface area contributed by atoms with Crippen molar-refractivity contribution in [2.45, 2.75) is 43.9 Å². The van der Waals surface area contributed by atoms with Gasteiger partial charge in [-0.15, -0.1) is 11.3 Å². The molecular weight excluding hydrogens is 378 g/mol. The fourth-order valence-corrected chi connectivity index (χ4v) is 5.24. The summed E-state index contributed by atoms with van der Waals surface area (Å²) >= 11 is 3.28. The van der Waals surface area contributed by atoms with Crippen molar-refractivity contribution in [1.29, 1.82) is 0 Å². The van der Waals surface area contributed by atoms with Crippen molar-refractivity contribution in [2.75, 3.05) is 12.8 Å². The monoisotopic (exact) mass is 401 g/mol. The summed E-state index contributed by atoms with van der Waals surface area (Å²) < 4.78 is 11.2. The number of anilines is 1. The Morgan fingerprint density at radius 2 is 2.07 bits per heavy atom. The molecular formula is C20H23N3O2S2. The number of ether oxygens (including phenoxy) is 2. The molecule has 2 aromatic heterocycles. The topological polar surface area (TPSA) is 70.3 Å². The number of thioether (sulfide) groups is 1. The van der Waals surface area contributed by atoms with Gasteiger partial charge in [0, 0.05) is 17.1 Å². The molecule has 4 rings (SSSR count). The smallest absolute Gasteiger partial charge is 0.191 e. The number of hydrogen-bond donors (Lipinski definition) is 1. The van der Waals surface area contributed by atoms with Gasteiger partial charge in [0.2, 0.25) is 0 Å². The third-order valence-electron chi connectivity index (χ3n) is 4.85. The molecule has 0 radical (unpaired) electrons. The predicted molar refractivity (Wildman–Crippen MR) is 112 cm³/mol. The Hall–Kier alpha value is -1.83. The summed E-state index contributed by atoms with van der Waals surface area (Å²) in [4.78, 5) is 11.5. The second-order valence-corrected chi connectivity index (χ2v) is 9.04. The van der Waals surface area contributed by atoms with Crippen molar-refractivity contribution in [3.05, 3.63) is 40.3 Å². The number of fused-ring (bicyclic) bond motifs is 3. The Morgan fingerprint density at radius 3 is 2.78 bits per heavy atom. The van der Waals surface area contributed by atoms with Crippen LogP contribution in [0.4, 0.5) is 5.82 Å². The largest absolute Gasteiger partial charge is 0.497 e. The summed E-state index contributed by atoms with van der Waals surface area (Å²) in [5.41, 5.74) is 8.82. The summed E-state index contributed by atoms with van der Waals surface area (Å²) in [6, 6.07) is 8.04. The van der Waals surface area contributed by atoms with Crippen LogP contribution in [-0.4, -0.2) is 23.2 Å². The summed E-state index contributed by atoms with van der Waals surface area (Å²) in [5, 5.41) is 1.74. The Balaban J connectivity index is 1.57. The van der Waals surface area contributed by atoms with Gasteiger partial charge in [-0.2, -0.15) is 0 Å². The number of nitrogens with zero attached hydrogens (tertiary/aromatic N) is 2. The van der Waals surface area contributed by atoms with Gasteiger partial charge >= 0.3 is 0 Å². The van der Waals surface area contributed by atoms with Gasteiger partial charge in [0.25, 0.3) is 0 Å². The van der Waals surface area contributed by atoms with Gasteiger partial charge in [0.05, 0.1) is 25.2 Å². The lowest BCUT2D eigenvalue weighted by Gasteiger charge is -2.26. The average molecular weight is 402 g/mol. The number of rotatable bonds is 5. The fraction of sp³-hybridized carbons (Fsp3) is 0.400. The van der Waals surface area contributed by atoms with E-state index in [9.17, 15) is 0 Å². The molecule has 3 aromatic rings. The summed E-state index contributed by atoms with van der Waals surface area (Å²) in [7, 11) is 1.67. The van der Waals surface area contributed by atoms with E-state index < -0.39 is 0 Å². The van der Waals surface area contributed by atoms with Gasteiger partial charge in [-0.05, 0) is 29.2 Å². The minimum absolute atomic E-state index is 0.235. The molecule has 1 unspecified atom stereocenters. The van der Waals surface area contributed by atoms with Gasteiger partial charge < -0.3 is 15.2 Å². The van der Waals surface area contributed by atoms with E-state index in [4.69, 9.17) is 20.2 Å². The number of nitrogens with two attached hydrogens (primary N) is 1. The van der Waals surface area contributed by atoms with Crippen molar-refractivity contribution < 1.29 is 9.47 Å². The van der Waals surface area contributed by atoms with Gasteiger partial charge in [-0.3, -0.25) is 0 Å². The van der Waals surface area contributed by atoms with Crippen LogP contribution in [0.25, 0.3) is 10.2 Å². The number of thiophene rings is 1. The molecule has 7 heteroatoms. The zero-order valence-corrected chi connectivity index (χ0v) is 17.3. The van der Waals surface area contributed by atoms with Crippen LogP contribution >= 0.6 is 23.1 Å². The minimum atomic E-state index is 0.235. The summed E-state index contributed by atoms with van der Waals surface area (Å²) in [6.07, 6.45) is 1.12. The quantitative estimate of drug-likeness (QED) is 0.495. The molecule has 0 fully saturated rings. The van der Waals surface area contributed by atoms with Crippen molar-refractivity contribution in [2.24, 2.45) is 5.92 Å². The van der Waals surface area contributed by atoms with Crippen molar-refractivity contribution in [1.82, 2.24) is 9.97 Å². The summed E-state index contributed by atoms with van der Waals surface area (Å²) in [6.45, 7) is 5.03. The lowest BCUT2D eigenvalue weighted by molar-refractivity contribution is 0.00203. The first-order valence-electron chi connectivity index (χ1n) is 9.00. The maximum Gasteiger partial charge on any atom is 0.191 e. The molecule has 0 aliphatic carbocycles. The van der Waals surface area contributed by atoms with E-state index in [0.717, 1.165) is 33.3 Å². The maximum atomic E-state index is 6.34. The number of hydrogen-bond acceptors (Lipinski definition) is 7. The standard InChI is InChI=1S/C20H23N3O2S2/c1-11(2)15-8-14-16(9-25-15)27-19-17(14)18(21)22-20(23-19)26-10-12-4-6-13(24-3)7-5-12/h4-7,11,15H,8-10H2,1-3H3,(H2,21,22,23). The molecule has 1 aliphatic rings. The Bertz CT molecular complexity index is 954. The fourth-order valence-electron chi connectivity index (χ4n) is 3.25. The molecule has 0 saturated carbocycles. The van der Waals surface area contributed by atoms with Crippen molar-refractivity contribution >= 4 is 39.1 Å². The zero-order valence-electron chi connectivity index (χ0n) is 15.7. The first-order chi connectivity index (χ1) is 13.0. The third-order valence-corrected chi connectivity index (χ3v) is 6.86. The van der Waals surface area contributed by atoms with Crippen LogP contribution in [0.5, 0.6) is 5.75 Å². The van der Waals surface area contributed by atoms with Crippen LogP contribution in [0, 0.1) is 5.92 Å². The molecule has 27 heavy (non-hydrogen) atoms. The number of benzene rings is 1. The van der Waals surface area contributed by atoms with E-state index >= 15 is 0 Å². The SMILES string of the molecule is COc1ccc(CSc2nc(N)c3c4c(sc3n2)COC(C(C)C)C4)cc1. The molecule has 0 bridgehead atoms. The average Bonchev–Trinajstić information content (AvgIpc) is 3.04. The van der Waals surface area contributed by atoms with Crippen LogP contribution in [0.3, 0.4) is 0 Å². The molecule has 1 aromatic carbocycles. The normalized spacial score (nSPS) is 16.7. The second kappa shape index (κ2) is 7.66. The molecule has 5 nitrogen and oxygen atoms in total. The van der Waals surface area contributed by atoms with E-state index in [-0.39, 0.29) is 6.10 Å². The molecule has 2 N–H and O–H groups in total. The Morgan fingerprint density at radius 1 is 1.30 bits per heavy atom. The highest BCUT2D eigenvalue weighted by Gasteiger charge is 2.27. The second-order valence-electron chi connectivity index (χ2n) is 7.01. The molecule has 1 aliphatic heterocycles. The van der Waals surface area contributed by atoms with Crippen LogP contribution in [0.2, 0.25) is 0 Å². The molecule has 0 amide bonds. The zero-order chi connectivity index (χ0) is 19.0. The first-order valence-corrected chi connectivity index (χ1v) is 10.8. The number of aromatic nitrogens is 2. The molecule has 3 heterocycles. The highest BCUT2D eigenvalue weighted by atomic mass is 32.2. The van der Waals surface area contributed by atoms with Gasteiger partial charge in [0.1, 0.15) is 16.4 Å². The molecule has 1 atom stereocenters. The van der Waals surface area contributed by atoms with E-state index in [1.807, 2.05) is 12.1 Å². The van der Waals surface area contributed by atoms with Gasteiger partial charge in [0.15, 0.2) is 5.16 Å². The Labute approximate surface area is 167 Å². The molecule has 142 valence electrons. The first kappa shape index (κ1) is 18.5. The highest BCUT2D eigenvalue weighted by Crippen LogP contribution is 2.39. The highest BCUT2D eigenvalue weighted by molar-refractivity contribution is 7.98. The maximum absolute atomic E-state index is 6.34. The van der Waals surface area contributed by atoms with Crippen LogP contribution in [0.1, 0.15) is 29.9 Å². The number of nitrogen functional groups attached to an aromatic ring is 1. The predicted octanol–water partition coefficient (Wildman–Crippen LogP) is 4.67. The van der Waals surface area contributed by atoms with Crippen LogP contribution in [-0.2, 0) is 23.5 Å². The van der Waals surface area contributed by atoms with E-state index in [1.54, 1.807) is 30.2 Å². The van der Waals surface area contributed by atoms with E-state index in [1.165, 1.54) is 16.0 Å². The van der Waals surface area contributed by atoms with Gasteiger partial charge in [-0.1, -0.05) is 37.7 Å². The number of methoxy groups -OCH3 is 1. The summed E-state index contributed by atoms with van der Waals surface area (Å²) in [5.74, 6) is 2.71. The minimum Gasteiger partial charge on any atom is -0.497 e. The van der Waals surface area contributed by atoms with E-state index in [2.05, 4.69) is 31.0 Å². The van der Waals surface area contributed by atoms with Gasteiger partial charge in [-0.25, -0.2) is 9.97 Å². The molecule has 0 saturated heterocycles. The third kappa shape index (κ3) is 3.77. The Kier molecular flexibility index (Phi) is 5.25. The lowest BCUT2D eigenvalue weighted by Crippen LogP contribution is -2.26. The van der Waals surface area contributed by atoms with Crippen LogP contribution in [0.15, 0.2) is 29.4 Å².